The van der Waals surface area contributed by atoms with Crippen molar-refractivity contribution in [2.24, 2.45) is 5.73 Å². The molecule has 7 heteroatoms. The van der Waals surface area contributed by atoms with E-state index in [1.165, 1.54) is 6.07 Å². The summed E-state index contributed by atoms with van der Waals surface area (Å²) in [7, 11) is 0. The zero-order valence-corrected chi connectivity index (χ0v) is 7.62. The fourth-order valence-electron chi connectivity index (χ4n) is 0.897. The number of nitrogen functional groups attached to an aromatic ring is 1. The Balaban J connectivity index is 3.43. The van der Waals surface area contributed by atoms with Crippen LogP contribution in [0.4, 0.5) is 11.4 Å². The van der Waals surface area contributed by atoms with Gasteiger partial charge >= 0.3 is 0 Å². The van der Waals surface area contributed by atoms with E-state index in [9.17, 15) is 14.9 Å². The first kappa shape index (κ1) is 10.3. The van der Waals surface area contributed by atoms with Gasteiger partial charge in [-0.2, -0.15) is 0 Å². The van der Waals surface area contributed by atoms with Crippen LogP contribution < -0.4 is 11.5 Å². The second kappa shape index (κ2) is 3.51. The van der Waals surface area contributed by atoms with E-state index in [-0.39, 0.29) is 16.3 Å². The van der Waals surface area contributed by atoms with Crippen LogP contribution in [-0.2, 0) is 0 Å². The molecule has 74 valence electrons. The number of primary amides is 1. The summed E-state index contributed by atoms with van der Waals surface area (Å²) >= 11 is 5.57. The minimum absolute atomic E-state index is 0.0455. The molecule has 0 radical (unpaired) electrons. The van der Waals surface area contributed by atoms with E-state index in [1.807, 2.05) is 0 Å². The Morgan fingerprint density at radius 1 is 1.50 bits per heavy atom. The number of benzene rings is 1. The summed E-state index contributed by atoms with van der Waals surface area (Å²) in [5.41, 5.74) is 9.62. The number of amides is 1. The molecule has 0 bridgehead atoms. The number of halogens is 1. The van der Waals surface area contributed by atoms with Crippen LogP contribution in [0.2, 0.25) is 5.02 Å². The van der Waals surface area contributed by atoms with Crippen LogP contribution in [0, 0.1) is 10.1 Å². The van der Waals surface area contributed by atoms with Crippen LogP contribution in [0.3, 0.4) is 0 Å². The second-order valence-electron chi connectivity index (χ2n) is 2.51. The number of nitro groups is 1. The van der Waals surface area contributed by atoms with Crippen molar-refractivity contribution in [3.8, 4) is 0 Å². The Labute approximate surface area is 83.6 Å². The normalized spacial score (nSPS) is 9.79. The molecule has 0 saturated carbocycles. The highest BCUT2D eigenvalue weighted by molar-refractivity contribution is 6.34. The first-order valence-corrected chi connectivity index (χ1v) is 3.84. The fraction of sp³-hybridized carbons (Fsp3) is 0. The maximum Gasteiger partial charge on any atom is 0.294 e. The van der Waals surface area contributed by atoms with E-state index in [1.54, 1.807) is 0 Å². The smallest absolute Gasteiger partial charge is 0.294 e. The standard InChI is InChI=1S/C7H6ClN3O3/c8-4-1-3(7(10)12)2-5(6(4)9)11(13)14/h1-2H,9H2,(H2,10,12). The fourth-order valence-corrected chi connectivity index (χ4v) is 1.11. The minimum atomic E-state index is -0.796. The summed E-state index contributed by atoms with van der Waals surface area (Å²) in [5.74, 6) is -0.796. The Morgan fingerprint density at radius 2 is 2.07 bits per heavy atom. The molecule has 0 aliphatic rings. The molecule has 4 N–H and O–H groups in total. The average Bonchev–Trinajstić information content (AvgIpc) is 2.08. The highest BCUT2D eigenvalue weighted by Crippen LogP contribution is 2.30. The molecule has 0 spiro atoms. The first-order chi connectivity index (χ1) is 6.43. The zero-order valence-electron chi connectivity index (χ0n) is 6.86. The summed E-state index contributed by atoms with van der Waals surface area (Å²) < 4.78 is 0. The Kier molecular flexibility index (Phi) is 2.57. The molecule has 6 nitrogen and oxygen atoms in total. The van der Waals surface area contributed by atoms with Crippen molar-refractivity contribution in [3.63, 3.8) is 0 Å². The summed E-state index contributed by atoms with van der Waals surface area (Å²) in [4.78, 5) is 20.5. The predicted octanol–water partition coefficient (Wildman–Crippen LogP) is 0.929. The number of nitro benzene ring substituents is 1. The average molecular weight is 216 g/mol. The van der Waals surface area contributed by atoms with Crippen LogP contribution in [0.25, 0.3) is 0 Å². The van der Waals surface area contributed by atoms with Crippen LogP contribution in [-0.4, -0.2) is 10.8 Å². The molecule has 0 aliphatic heterocycles. The summed E-state index contributed by atoms with van der Waals surface area (Å²) in [6, 6.07) is 2.18. The lowest BCUT2D eigenvalue weighted by atomic mass is 10.1. The molecular weight excluding hydrogens is 210 g/mol. The van der Waals surface area contributed by atoms with Crippen molar-refractivity contribution in [1.29, 1.82) is 0 Å². The molecule has 1 aromatic carbocycles. The van der Waals surface area contributed by atoms with Gasteiger partial charge in [-0.15, -0.1) is 0 Å². The van der Waals surface area contributed by atoms with E-state index >= 15 is 0 Å². The lowest BCUT2D eigenvalue weighted by Crippen LogP contribution is -2.12. The van der Waals surface area contributed by atoms with Crippen LogP contribution in [0.5, 0.6) is 0 Å². The van der Waals surface area contributed by atoms with E-state index in [0.29, 0.717) is 0 Å². The van der Waals surface area contributed by atoms with Gasteiger partial charge in [0.2, 0.25) is 5.91 Å². The number of hydrogen-bond acceptors (Lipinski definition) is 4. The van der Waals surface area contributed by atoms with Crippen molar-refractivity contribution >= 4 is 28.9 Å². The number of hydrogen-bond donors (Lipinski definition) is 2. The lowest BCUT2D eigenvalue weighted by molar-refractivity contribution is -0.383. The maximum absolute atomic E-state index is 10.7. The Bertz CT molecular complexity index is 419. The van der Waals surface area contributed by atoms with Gasteiger partial charge < -0.3 is 11.5 Å². The topological polar surface area (TPSA) is 112 Å². The summed E-state index contributed by atoms with van der Waals surface area (Å²) in [5, 5.41) is 10.4. The van der Waals surface area contributed by atoms with Gasteiger partial charge in [0.1, 0.15) is 5.69 Å². The highest BCUT2D eigenvalue weighted by Gasteiger charge is 2.17. The monoisotopic (exact) mass is 215 g/mol. The van der Waals surface area contributed by atoms with Crippen molar-refractivity contribution in [2.45, 2.75) is 0 Å². The molecular formula is C7H6ClN3O3. The third-order valence-electron chi connectivity index (χ3n) is 1.59. The SMILES string of the molecule is NC(=O)c1cc(Cl)c(N)c([N+](=O)[O-])c1. The molecule has 1 amide bonds. The zero-order chi connectivity index (χ0) is 10.9. The van der Waals surface area contributed by atoms with Gasteiger partial charge in [0, 0.05) is 11.6 Å². The van der Waals surface area contributed by atoms with Gasteiger partial charge in [0.25, 0.3) is 5.69 Å². The molecule has 0 atom stereocenters. The maximum atomic E-state index is 10.7. The highest BCUT2D eigenvalue weighted by atomic mass is 35.5. The molecule has 1 rings (SSSR count). The first-order valence-electron chi connectivity index (χ1n) is 3.46. The van der Waals surface area contributed by atoms with Crippen molar-refractivity contribution in [3.05, 3.63) is 32.8 Å². The van der Waals surface area contributed by atoms with E-state index in [0.717, 1.165) is 6.07 Å². The van der Waals surface area contributed by atoms with Crippen LogP contribution in [0.15, 0.2) is 12.1 Å². The molecule has 0 fully saturated rings. The van der Waals surface area contributed by atoms with Crippen LogP contribution >= 0.6 is 11.6 Å². The van der Waals surface area contributed by atoms with Gasteiger partial charge in [-0.1, -0.05) is 11.6 Å². The van der Waals surface area contributed by atoms with Crippen molar-refractivity contribution < 1.29 is 9.72 Å². The quantitative estimate of drug-likeness (QED) is 0.434. The van der Waals surface area contributed by atoms with E-state index < -0.39 is 16.5 Å². The Morgan fingerprint density at radius 3 is 2.50 bits per heavy atom. The number of nitrogens with two attached hydrogens (primary N) is 2. The summed E-state index contributed by atoms with van der Waals surface area (Å²) in [6.07, 6.45) is 0. The molecule has 14 heavy (non-hydrogen) atoms. The molecule has 1 aromatic rings. The lowest BCUT2D eigenvalue weighted by Gasteiger charge is -2.01. The van der Waals surface area contributed by atoms with Gasteiger partial charge in [0.05, 0.1) is 9.95 Å². The number of nitrogens with zero attached hydrogens (tertiary/aromatic N) is 1. The molecule has 0 saturated heterocycles. The second-order valence-corrected chi connectivity index (χ2v) is 2.92. The predicted molar refractivity (Wildman–Crippen MR) is 51.0 cm³/mol. The summed E-state index contributed by atoms with van der Waals surface area (Å²) in [6.45, 7) is 0. The number of carbonyl (C=O) groups excluding carboxylic acids is 1. The number of anilines is 1. The van der Waals surface area contributed by atoms with Crippen molar-refractivity contribution in [1.82, 2.24) is 0 Å². The molecule has 0 unspecified atom stereocenters. The Hall–Kier alpha value is -1.82. The van der Waals surface area contributed by atoms with E-state index in [2.05, 4.69) is 0 Å². The van der Waals surface area contributed by atoms with Gasteiger partial charge in [0.15, 0.2) is 0 Å². The molecule has 0 aliphatic carbocycles. The largest absolute Gasteiger partial charge is 0.392 e. The number of carbonyl (C=O) groups is 1. The number of rotatable bonds is 2. The van der Waals surface area contributed by atoms with Gasteiger partial charge in [-0.05, 0) is 6.07 Å². The van der Waals surface area contributed by atoms with Crippen molar-refractivity contribution in [2.75, 3.05) is 5.73 Å². The minimum Gasteiger partial charge on any atom is -0.392 e. The molecule has 0 aromatic heterocycles. The third kappa shape index (κ3) is 1.74. The third-order valence-corrected chi connectivity index (χ3v) is 1.90. The van der Waals surface area contributed by atoms with Gasteiger partial charge in [-0.3, -0.25) is 14.9 Å². The van der Waals surface area contributed by atoms with E-state index in [4.69, 9.17) is 23.1 Å². The molecule has 0 heterocycles. The van der Waals surface area contributed by atoms with Gasteiger partial charge in [-0.25, -0.2) is 0 Å². The van der Waals surface area contributed by atoms with Crippen LogP contribution in [0.1, 0.15) is 10.4 Å².